The van der Waals surface area contributed by atoms with Gasteiger partial charge < -0.3 is 19.5 Å². The number of fused-ring (bicyclic) bond motifs is 1. The number of halogens is 1. The molecule has 120 valence electrons. The Labute approximate surface area is 133 Å². The number of rotatable bonds is 4. The highest BCUT2D eigenvalue weighted by molar-refractivity contribution is 5.97. The maximum absolute atomic E-state index is 12.9. The van der Waals surface area contributed by atoms with Gasteiger partial charge in [-0.25, -0.2) is 4.39 Å². The molecule has 3 rings (SSSR count). The van der Waals surface area contributed by atoms with Gasteiger partial charge in [0.25, 0.3) is 5.91 Å². The normalized spacial score (nSPS) is 12.8. The van der Waals surface area contributed by atoms with Crippen molar-refractivity contribution in [2.45, 2.75) is 19.4 Å². The van der Waals surface area contributed by atoms with E-state index in [0.29, 0.717) is 22.9 Å². The summed E-state index contributed by atoms with van der Waals surface area (Å²) in [5.74, 6) is 0.947. The molecule has 0 spiro atoms. The molecule has 23 heavy (non-hydrogen) atoms. The zero-order valence-corrected chi connectivity index (χ0v) is 12.8. The monoisotopic (exact) mass is 317 g/mol. The molecule has 0 radical (unpaired) electrons. The van der Waals surface area contributed by atoms with E-state index in [1.165, 1.54) is 24.3 Å². The third kappa shape index (κ3) is 3.36. The van der Waals surface area contributed by atoms with Crippen molar-refractivity contribution in [3.63, 3.8) is 0 Å². The number of ether oxygens (including phenoxy) is 3. The summed E-state index contributed by atoms with van der Waals surface area (Å²) >= 11 is 0. The predicted molar refractivity (Wildman–Crippen MR) is 82.3 cm³/mol. The van der Waals surface area contributed by atoms with Crippen molar-refractivity contribution < 1.29 is 23.4 Å². The van der Waals surface area contributed by atoms with E-state index in [9.17, 15) is 9.18 Å². The molecule has 1 heterocycles. The first-order valence-corrected chi connectivity index (χ1v) is 7.10. The number of hydrogen-bond acceptors (Lipinski definition) is 4. The topological polar surface area (TPSA) is 56.8 Å². The average molecular weight is 317 g/mol. The molecule has 2 aromatic carbocycles. The SMILES string of the molecule is CC(C)(Oc1ccc(F)cc1)C(=O)Nc1ccc2c(c1)OCO2. The van der Waals surface area contributed by atoms with Crippen LogP contribution in [0.25, 0.3) is 0 Å². The highest BCUT2D eigenvalue weighted by Gasteiger charge is 2.30. The lowest BCUT2D eigenvalue weighted by Gasteiger charge is -2.25. The van der Waals surface area contributed by atoms with Crippen LogP contribution >= 0.6 is 0 Å². The number of benzene rings is 2. The standard InChI is InChI=1S/C17H16FNO4/c1-17(2,23-13-6-3-11(18)4-7-13)16(20)19-12-5-8-14-15(9-12)22-10-21-14/h3-9H,10H2,1-2H3,(H,19,20). The highest BCUT2D eigenvalue weighted by Crippen LogP contribution is 2.34. The maximum atomic E-state index is 12.9. The van der Waals surface area contributed by atoms with Crippen LogP contribution in [-0.2, 0) is 4.79 Å². The summed E-state index contributed by atoms with van der Waals surface area (Å²) in [5, 5.41) is 2.77. The van der Waals surface area contributed by atoms with Gasteiger partial charge in [-0.3, -0.25) is 4.79 Å². The van der Waals surface area contributed by atoms with E-state index in [4.69, 9.17) is 14.2 Å². The number of nitrogens with one attached hydrogen (secondary N) is 1. The van der Waals surface area contributed by atoms with E-state index >= 15 is 0 Å². The van der Waals surface area contributed by atoms with Gasteiger partial charge in [0.15, 0.2) is 17.1 Å². The maximum Gasteiger partial charge on any atom is 0.267 e. The number of carbonyl (C=O) groups excluding carboxylic acids is 1. The molecule has 6 heteroatoms. The Morgan fingerprint density at radius 2 is 1.83 bits per heavy atom. The Morgan fingerprint density at radius 3 is 2.57 bits per heavy atom. The molecule has 0 saturated carbocycles. The Kier molecular flexibility index (Phi) is 3.82. The first-order valence-electron chi connectivity index (χ1n) is 7.10. The van der Waals surface area contributed by atoms with Gasteiger partial charge in [0, 0.05) is 11.8 Å². The molecular formula is C17H16FNO4. The van der Waals surface area contributed by atoms with Crippen LogP contribution in [0.15, 0.2) is 42.5 Å². The van der Waals surface area contributed by atoms with E-state index in [0.717, 1.165) is 0 Å². The van der Waals surface area contributed by atoms with Crippen LogP contribution in [0.3, 0.4) is 0 Å². The molecule has 0 fully saturated rings. The van der Waals surface area contributed by atoms with Crippen LogP contribution in [0.5, 0.6) is 17.2 Å². The lowest BCUT2D eigenvalue weighted by atomic mass is 10.1. The van der Waals surface area contributed by atoms with Crippen molar-refractivity contribution >= 4 is 11.6 Å². The minimum Gasteiger partial charge on any atom is -0.478 e. The van der Waals surface area contributed by atoms with Gasteiger partial charge >= 0.3 is 0 Å². The fraction of sp³-hybridized carbons (Fsp3) is 0.235. The molecular weight excluding hydrogens is 301 g/mol. The van der Waals surface area contributed by atoms with Crippen LogP contribution < -0.4 is 19.5 Å². The number of carbonyl (C=O) groups is 1. The molecule has 0 unspecified atom stereocenters. The molecule has 1 aliphatic heterocycles. The van der Waals surface area contributed by atoms with Crippen molar-refractivity contribution in [1.82, 2.24) is 0 Å². The molecule has 1 N–H and O–H groups in total. The molecule has 2 aromatic rings. The average Bonchev–Trinajstić information content (AvgIpc) is 2.97. The summed E-state index contributed by atoms with van der Waals surface area (Å²) in [7, 11) is 0. The number of hydrogen-bond donors (Lipinski definition) is 1. The van der Waals surface area contributed by atoms with E-state index in [1.54, 1.807) is 32.0 Å². The molecule has 1 amide bonds. The smallest absolute Gasteiger partial charge is 0.267 e. The van der Waals surface area contributed by atoms with Crippen LogP contribution in [-0.4, -0.2) is 18.3 Å². The predicted octanol–water partition coefficient (Wildman–Crippen LogP) is 3.35. The second-order valence-corrected chi connectivity index (χ2v) is 5.59. The molecule has 5 nitrogen and oxygen atoms in total. The van der Waals surface area contributed by atoms with E-state index in [2.05, 4.69) is 5.32 Å². The Bertz CT molecular complexity index is 728. The summed E-state index contributed by atoms with van der Waals surface area (Å²) in [6.07, 6.45) is 0. The van der Waals surface area contributed by atoms with Gasteiger partial charge in [0.2, 0.25) is 6.79 Å². The minimum atomic E-state index is -1.13. The largest absolute Gasteiger partial charge is 0.478 e. The van der Waals surface area contributed by atoms with Gasteiger partial charge in [-0.15, -0.1) is 0 Å². The fourth-order valence-electron chi connectivity index (χ4n) is 2.10. The third-order valence-electron chi connectivity index (χ3n) is 3.36. The van der Waals surface area contributed by atoms with Crippen LogP contribution in [0.1, 0.15) is 13.8 Å². The first-order chi connectivity index (χ1) is 10.9. The van der Waals surface area contributed by atoms with Gasteiger partial charge in [-0.2, -0.15) is 0 Å². The van der Waals surface area contributed by atoms with Crippen molar-refractivity contribution in [3.8, 4) is 17.2 Å². The summed E-state index contributed by atoms with van der Waals surface area (Å²) in [4.78, 5) is 12.4. The zero-order chi connectivity index (χ0) is 16.4. The van der Waals surface area contributed by atoms with Crippen LogP contribution in [0, 0.1) is 5.82 Å². The molecule has 0 aliphatic carbocycles. The lowest BCUT2D eigenvalue weighted by molar-refractivity contribution is -0.128. The third-order valence-corrected chi connectivity index (χ3v) is 3.36. The van der Waals surface area contributed by atoms with Gasteiger partial charge in [0.1, 0.15) is 11.6 Å². The highest BCUT2D eigenvalue weighted by atomic mass is 19.1. The summed E-state index contributed by atoms with van der Waals surface area (Å²) in [6, 6.07) is 10.7. The van der Waals surface area contributed by atoms with Crippen molar-refractivity contribution in [2.75, 3.05) is 12.1 Å². The summed E-state index contributed by atoms with van der Waals surface area (Å²) in [5.41, 5.74) is -0.552. The molecule has 0 bridgehead atoms. The minimum absolute atomic E-state index is 0.173. The molecule has 0 aromatic heterocycles. The molecule has 0 atom stereocenters. The van der Waals surface area contributed by atoms with Gasteiger partial charge in [0.05, 0.1) is 0 Å². The second-order valence-electron chi connectivity index (χ2n) is 5.59. The van der Waals surface area contributed by atoms with Gasteiger partial charge in [-0.1, -0.05) is 0 Å². The summed E-state index contributed by atoms with van der Waals surface area (Å²) in [6.45, 7) is 3.45. The Balaban J connectivity index is 1.69. The first kappa shape index (κ1) is 15.1. The van der Waals surface area contributed by atoms with E-state index in [-0.39, 0.29) is 18.5 Å². The molecule has 1 aliphatic rings. The van der Waals surface area contributed by atoms with Gasteiger partial charge in [-0.05, 0) is 50.2 Å². The van der Waals surface area contributed by atoms with E-state index < -0.39 is 5.60 Å². The van der Waals surface area contributed by atoms with Crippen LogP contribution in [0.4, 0.5) is 10.1 Å². The fourth-order valence-corrected chi connectivity index (χ4v) is 2.10. The zero-order valence-electron chi connectivity index (χ0n) is 12.8. The Hall–Kier alpha value is -2.76. The van der Waals surface area contributed by atoms with Crippen LogP contribution in [0.2, 0.25) is 0 Å². The van der Waals surface area contributed by atoms with E-state index in [1.807, 2.05) is 0 Å². The lowest BCUT2D eigenvalue weighted by Crippen LogP contribution is -2.42. The van der Waals surface area contributed by atoms with Crippen molar-refractivity contribution in [1.29, 1.82) is 0 Å². The molecule has 0 saturated heterocycles. The number of amides is 1. The van der Waals surface area contributed by atoms with Crippen molar-refractivity contribution in [2.24, 2.45) is 0 Å². The van der Waals surface area contributed by atoms with Crippen molar-refractivity contribution in [3.05, 3.63) is 48.3 Å². The quantitative estimate of drug-likeness (QED) is 0.939. The number of anilines is 1. The Morgan fingerprint density at radius 1 is 1.13 bits per heavy atom. The second kappa shape index (κ2) is 5.79. The summed E-state index contributed by atoms with van der Waals surface area (Å²) < 4.78 is 29.1.